The van der Waals surface area contributed by atoms with Crippen LogP contribution in [0.25, 0.3) is 22.2 Å². The molecule has 5 N–H and O–H groups in total. The third-order valence-electron chi connectivity index (χ3n) is 3.55. The van der Waals surface area contributed by atoms with Gasteiger partial charge in [0.2, 0.25) is 0 Å². The zero-order valence-electron chi connectivity index (χ0n) is 12.1. The van der Waals surface area contributed by atoms with Gasteiger partial charge in [-0.3, -0.25) is 10.2 Å². The molecule has 0 spiro atoms. The summed E-state index contributed by atoms with van der Waals surface area (Å²) in [6.07, 6.45) is 3.20. The molecular weight excluding hydrogens is 292 g/mol. The van der Waals surface area contributed by atoms with Gasteiger partial charge in [-0.05, 0) is 12.1 Å². The Kier molecular flexibility index (Phi) is 3.12. The van der Waals surface area contributed by atoms with Crippen LogP contribution in [0.4, 0.5) is 11.5 Å². The molecule has 8 nitrogen and oxygen atoms in total. The molecule has 0 saturated carbocycles. The molecular formula is C15H14N8. The largest absolute Gasteiger partial charge is 0.384 e. The van der Waals surface area contributed by atoms with E-state index < -0.39 is 0 Å². The van der Waals surface area contributed by atoms with Crippen LogP contribution in [0.15, 0.2) is 42.9 Å². The number of anilines is 2. The lowest BCUT2D eigenvalue weighted by molar-refractivity contribution is 0.956. The Labute approximate surface area is 131 Å². The van der Waals surface area contributed by atoms with Gasteiger partial charge in [0, 0.05) is 28.9 Å². The Hall–Kier alpha value is -3.42. The lowest BCUT2D eigenvalue weighted by Crippen LogP contribution is -2.03. The molecule has 0 amide bonds. The summed E-state index contributed by atoms with van der Waals surface area (Å²) in [6.45, 7) is 0.529. The van der Waals surface area contributed by atoms with Crippen LogP contribution in [0.2, 0.25) is 0 Å². The predicted octanol–water partition coefficient (Wildman–Crippen LogP) is 1.94. The molecule has 0 unspecified atom stereocenters. The number of nitrogen functional groups attached to an aromatic ring is 1. The molecule has 4 aromatic rings. The van der Waals surface area contributed by atoms with Crippen molar-refractivity contribution >= 4 is 22.4 Å². The van der Waals surface area contributed by atoms with Gasteiger partial charge < -0.3 is 11.1 Å². The number of hydrogen-bond donors (Lipinski definition) is 4. The van der Waals surface area contributed by atoms with Crippen molar-refractivity contribution in [2.75, 3.05) is 11.1 Å². The molecule has 4 rings (SSSR count). The summed E-state index contributed by atoms with van der Waals surface area (Å²) < 4.78 is 0. The monoisotopic (exact) mass is 306 g/mol. The second kappa shape index (κ2) is 5.41. The van der Waals surface area contributed by atoms with E-state index >= 15 is 0 Å². The zero-order valence-corrected chi connectivity index (χ0v) is 12.1. The van der Waals surface area contributed by atoms with Gasteiger partial charge in [0.25, 0.3) is 0 Å². The smallest absolute Gasteiger partial charge is 0.143 e. The standard InChI is InChI=1S/C15H14N8/c16-14-6-12(17-7-15-18-8-20-23-15)10-2-1-9(5-13(10)21-14)11-3-4-19-22-11/h1-6,8H,7H2,(H,19,22)(H3,16,17,21)(H,18,20,23). The number of nitrogens with one attached hydrogen (secondary N) is 3. The molecule has 114 valence electrons. The fourth-order valence-corrected chi connectivity index (χ4v) is 2.47. The summed E-state index contributed by atoms with van der Waals surface area (Å²) >= 11 is 0. The van der Waals surface area contributed by atoms with Crippen molar-refractivity contribution < 1.29 is 0 Å². The van der Waals surface area contributed by atoms with Gasteiger partial charge in [-0.2, -0.15) is 10.2 Å². The number of H-pyrrole nitrogens is 2. The summed E-state index contributed by atoms with van der Waals surface area (Å²) in [5.74, 6) is 1.21. The molecule has 23 heavy (non-hydrogen) atoms. The van der Waals surface area contributed by atoms with E-state index in [-0.39, 0.29) is 0 Å². The van der Waals surface area contributed by atoms with E-state index in [1.54, 1.807) is 6.20 Å². The predicted molar refractivity (Wildman–Crippen MR) is 87.4 cm³/mol. The van der Waals surface area contributed by atoms with Gasteiger partial charge in [0.15, 0.2) is 0 Å². The number of nitrogens with two attached hydrogens (primary N) is 1. The third kappa shape index (κ3) is 2.57. The van der Waals surface area contributed by atoms with E-state index in [9.17, 15) is 0 Å². The highest BCUT2D eigenvalue weighted by Gasteiger charge is 2.08. The Balaban J connectivity index is 1.73. The zero-order chi connectivity index (χ0) is 15.6. The number of aromatic amines is 2. The highest BCUT2D eigenvalue weighted by Crippen LogP contribution is 2.28. The molecule has 0 atom stereocenters. The number of rotatable bonds is 4. The number of aromatic nitrogens is 6. The molecule has 0 radical (unpaired) electrons. The second-order valence-corrected chi connectivity index (χ2v) is 5.08. The summed E-state index contributed by atoms with van der Waals surface area (Å²) in [5, 5.41) is 17.9. The van der Waals surface area contributed by atoms with E-state index in [0.717, 1.165) is 33.7 Å². The van der Waals surface area contributed by atoms with Crippen molar-refractivity contribution in [3.8, 4) is 11.3 Å². The summed E-state index contributed by atoms with van der Waals surface area (Å²) in [6, 6.07) is 9.75. The average Bonchev–Trinajstić information content (AvgIpc) is 3.25. The normalized spacial score (nSPS) is 11.0. The molecule has 0 aliphatic heterocycles. The van der Waals surface area contributed by atoms with Crippen molar-refractivity contribution in [3.05, 3.63) is 48.7 Å². The van der Waals surface area contributed by atoms with Crippen molar-refractivity contribution in [1.29, 1.82) is 0 Å². The van der Waals surface area contributed by atoms with Crippen LogP contribution in [0.1, 0.15) is 5.82 Å². The molecule has 0 aliphatic rings. The number of hydrogen-bond acceptors (Lipinski definition) is 6. The number of nitrogens with zero attached hydrogens (tertiary/aromatic N) is 4. The molecule has 0 bridgehead atoms. The van der Waals surface area contributed by atoms with Gasteiger partial charge in [0.05, 0.1) is 17.8 Å². The first-order valence-corrected chi connectivity index (χ1v) is 7.08. The first-order valence-electron chi connectivity index (χ1n) is 7.08. The van der Waals surface area contributed by atoms with Crippen molar-refractivity contribution in [2.24, 2.45) is 0 Å². The number of benzene rings is 1. The minimum atomic E-state index is 0.458. The fraction of sp³-hybridized carbons (Fsp3) is 0.0667. The van der Waals surface area contributed by atoms with E-state index in [0.29, 0.717) is 12.4 Å². The van der Waals surface area contributed by atoms with Crippen LogP contribution in [0.5, 0.6) is 0 Å². The van der Waals surface area contributed by atoms with E-state index in [4.69, 9.17) is 5.73 Å². The summed E-state index contributed by atoms with van der Waals surface area (Å²) in [7, 11) is 0. The number of pyridine rings is 1. The summed E-state index contributed by atoms with van der Waals surface area (Å²) in [4.78, 5) is 8.51. The second-order valence-electron chi connectivity index (χ2n) is 5.08. The van der Waals surface area contributed by atoms with E-state index in [1.807, 2.05) is 30.3 Å². The highest BCUT2D eigenvalue weighted by atomic mass is 15.2. The maximum Gasteiger partial charge on any atom is 0.143 e. The van der Waals surface area contributed by atoms with Crippen molar-refractivity contribution in [1.82, 2.24) is 30.4 Å². The molecule has 3 aromatic heterocycles. The van der Waals surface area contributed by atoms with E-state index in [1.165, 1.54) is 6.33 Å². The first-order chi connectivity index (χ1) is 11.3. The van der Waals surface area contributed by atoms with Crippen LogP contribution in [0, 0.1) is 0 Å². The number of fused-ring (bicyclic) bond motifs is 1. The van der Waals surface area contributed by atoms with Crippen LogP contribution in [-0.2, 0) is 6.54 Å². The Morgan fingerprint density at radius 1 is 1.09 bits per heavy atom. The topological polar surface area (TPSA) is 121 Å². The molecule has 8 heteroatoms. The Morgan fingerprint density at radius 3 is 2.83 bits per heavy atom. The SMILES string of the molecule is Nc1cc(NCc2ncn[nH]2)c2ccc(-c3ccn[nH]3)cc2n1. The quantitative estimate of drug-likeness (QED) is 0.457. The minimum absolute atomic E-state index is 0.458. The first kappa shape index (κ1) is 13.3. The lowest BCUT2D eigenvalue weighted by atomic mass is 10.1. The maximum absolute atomic E-state index is 5.94. The summed E-state index contributed by atoms with van der Waals surface area (Å²) in [5.41, 5.74) is 9.60. The molecule has 0 saturated heterocycles. The molecule has 0 fully saturated rings. The van der Waals surface area contributed by atoms with Crippen LogP contribution >= 0.6 is 0 Å². The highest BCUT2D eigenvalue weighted by molar-refractivity contribution is 5.95. The van der Waals surface area contributed by atoms with Gasteiger partial charge in [0.1, 0.15) is 18.0 Å². The van der Waals surface area contributed by atoms with Crippen LogP contribution in [0.3, 0.4) is 0 Å². The van der Waals surface area contributed by atoms with Gasteiger partial charge in [-0.25, -0.2) is 9.97 Å². The van der Waals surface area contributed by atoms with Gasteiger partial charge >= 0.3 is 0 Å². The van der Waals surface area contributed by atoms with Gasteiger partial charge in [-0.15, -0.1) is 0 Å². The lowest BCUT2D eigenvalue weighted by Gasteiger charge is -2.10. The van der Waals surface area contributed by atoms with E-state index in [2.05, 4.69) is 35.7 Å². The Bertz CT molecular complexity index is 928. The van der Waals surface area contributed by atoms with Crippen molar-refractivity contribution in [2.45, 2.75) is 6.54 Å². The molecule has 0 aliphatic carbocycles. The third-order valence-corrected chi connectivity index (χ3v) is 3.55. The Morgan fingerprint density at radius 2 is 2.04 bits per heavy atom. The van der Waals surface area contributed by atoms with Crippen LogP contribution in [-0.4, -0.2) is 30.4 Å². The minimum Gasteiger partial charge on any atom is -0.384 e. The maximum atomic E-state index is 5.94. The van der Waals surface area contributed by atoms with Crippen LogP contribution < -0.4 is 11.1 Å². The van der Waals surface area contributed by atoms with Gasteiger partial charge in [-0.1, -0.05) is 12.1 Å². The fourth-order valence-electron chi connectivity index (χ4n) is 2.47. The molecule has 1 aromatic carbocycles. The molecule has 3 heterocycles. The average molecular weight is 306 g/mol. The van der Waals surface area contributed by atoms with Crippen molar-refractivity contribution in [3.63, 3.8) is 0 Å².